The maximum atomic E-state index is 9.67. The summed E-state index contributed by atoms with van der Waals surface area (Å²) in [6, 6.07) is 0. The zero-order valence-electron chi connectivity index (χ0n) is 17.9. The average Bonchev–Trinajstić information content (AvgIpc) is 3.10. The molecule has 30 heavy (non-hydrogen) atoms. The number of halogens is 4. The Kier molecular flexibility index (Phi) is 5.21. The zero-order chi connectivity index (χ0) is 19.8. The lowest BCUT2D eigenvalue weighted by Crippen LogP contribution is -3.00. The van der Waals surface area contributed by atoms with Gasteiger partial charge in [0.1, 0.15) is 24.2 Å². The highest BCUT2D eigenvalue weighted by Crippen LogP contribution is 2.59. The van der Waals surface area contributed by atoms with E-state index < -0.39 is 7.54 Å². The van der Waals surface area contributed by atoms with Crippen LogP contribution in [-0.2, 0) is 0 Å². The predicted octanol–water partition coefficient (Wildman–Crippen LogP) is 2.16. The number of nitrogens with zero attached hydrogens (tertiary/aromatic N) is 2. The summed E-state index contributed by atoms with van der Waals surface area (Å²) in [7, 11) is -3.67. The first-order chi connectivity index (χ1) is 13.9. The average molecular weight is 426 g/mol. The molecule has 9 aliphatic rings. The first-order valence-electron chi connectivity index (χ1n) is 12.2. The second-order valence-electron chi connectivity index (χ2n) is 12.0. The molecular weight excluding hydrogens is 391 g/mol. The molecule has 0 aromatic carbocycles. The fourth-order valence-corrected chi connectivity index (χ4v) is 10.1. The minimum atomic E-state index is -3.67. The second-order valence-corrected chi connectivity index (χ2v) is 12.0. The van der Waals surface area contributed by atoms with Crippen LogP contribution in [0.25, 0.3) is 0 Å². The Balaban J connectivity index is 0.000000358. The van der Waals surface area contributed by atoms with Crippen molar-refractivity contribution in [3.8, 4) is 0 Å². The van der Waals surface area contributed by atoms with E-state index in [4.69, 9.17) is 0 Å². The Morgan fingerprint density at radius 2 is 1.07 bits per heavy atom. The summed E-state index contributed by atoms with van der Waals surface area (Å²) in [6.45, 7) is 2.68. The van der Waals surface area contributed by atoms with Gasteiger partial charge in [-0.2, -0.15) is 0 Å². The molecule has 9 rings (SSSR count). The molecule has 8 aliphatic carbocycles. The third kappa shape index (κ3) is 3.41. The molecule has 0 atom stereocenters. The van der Waals surface area contributed by atoms with E-state index in [9.17, 15) is 12.9 Å². The topological polar surface area (TPSA) is 6.25 Å². The van der Waals surface area contributed by atoms with Crippen molar-refractivity contribution < 1.29 is 22.2 Å². The van der Waals surface area contributed by atoms with Crippen molar-refractivity contribution in [2.24, 2.45) is 35.5 Å². The smallest absolute Gasteiger partial charge is 0.762 e. The van der Waals surface area contributed by atoms with Crippen LogP contribution in [0.1, 0.15) is 77.0 Å². The van der Waals surface area contributed by atoms with E-state index in [1.165, 1.54) is 51.6 Å². The van der Waals surface area contributed by atoms with Crippen molar-refractivity contribution >= 4 is 13.9 Å². The van der Waals surface area contributed by atoms with Crippen molar-refractivity contribution in [1.82, 2.24) is 4.90 Å². The molecule has 1 heterocycles. The monoisotopic (exact) mass is 426 g/mol. The summed E-state index contributed by atoms with van der Waals surface area (Å²) >= 11 is 0. The third-order valence-corrected chi connectivity index (χ3v) is 10.1. The van der Waals surface area contributed by atoms with E-state index in [0.717, 1.165) is 35.5 Å². The van der Waals surface area contributed by atoms with E-state index in [1.54, 1.807) is 38.5 Å². The van der Waals surface area contributed by atoms with Crippen LogP contribution in [0.15, 0.2) is 0 Å². The first-order valence-corrected chi connectivity index (χ1v) is 12.2. The van der Waals surface area contributed by atoms with Gasteiger partial charge >= 0.3 is 7.54 Å². The summed E-state index contributed by atoms with van der Waals surface area (Å²) in [5.41, 5.74) is 1.18. The Morgan fingerprint density at radius 3 is 1.47 bits per heavy atom. The van der Waals surface area contributed by atoms with Gasteiger partial charge < -0.3 is 4.70 Å². The first kappa shape index (κ1) is 21.1. The minimum Gasteiger partial charge on any atom is -1.00 e. The lowest BCUT2D eigenvalue weighted by molar-refractivity contribution is -0.614. The number of hydrogen-bond donors (Lipinski definition) is 0. The largest absolute Gasteiger partial charge is 1.00 e. The van der Waals surface area contributed by atoms with Gasteiger partial charge in [0.25, 0.3) is 0 Å². The molecule has 0 unspecified atom stereocenters. The van der Waals surface area contributed by atoms with Crippen LogP contribution in [0.2, 0.25) is 0 Å². The van der Waals surface area contributed by atoms with Crippen LogP contribution in [-0.4, -0.2) is 47.5 Å². The van der Waals surface area contributed by atoms with Crippen molar-refractivity contribution in [1.29, 1.82) is 0 Å². The lowest BCUT2D eigenvalue weighted by atomic mass is 9.52. The lowest BCUT2D eigenvalue weighted by Gasteiger charge is -2.57. The molecule has 0 radical (unpaired) electrons. The molecule has 0 aromatic heterocycles. The van der Waals surface area contributed by atoms with Crippen molar-refractivity contribution in [3.63, 3.8) is 0 Å². The number of hydrogen-bond acceptors (Lipinski definition) is 1. The van der Waals surface area contributed by atoms with Gasteiger partial charge in [-0.15, -0.1) is 0 Å². The molecule has 7 heteroatoms. The fraction of sp³-hybridized carbons (Fsp3) is 0.957. The normalized spacial score (nSPS) is 49.4. The van der Waals surface area contributed by atoms with Crippen molar-refractivity contribution in [3.05, 3.63) is 0 Å². The fourth-order valence-electron chi connectivity index (χ4n) is 10.1. The van der Waals surface area contributed by atoms with E-state index >= 15 is 0 Å². The van der Waals surface area contributed by atoms with Gasteiger partial charge in [-0.3, -0.25) is 22.4 Å². The van der Waals surface area contributed by atoms with Crippen LogP contribution in [0.4, 0.5) is 12.9 Å². The Bertz CT molecular complexity index is 623. The molecule has 0 aromatic rings. The zero-order valence-corrected chi connectivity index (χ0v) is 17.9. The molecule has 0 N–H and O–H groups in total. The minimum absolute atomic E-state index is 0. The number of rotatable bonds is 2. The molecule has 0 amide bonds. The maximum Gasteiger partial charge on any atom is 0.762 e. The molecule has 8 saturated carbocycles. The summed E-state index contributed by atoms with van der Waals surface area (Å²) in [5, 5.41) is 0. The quantitative estimate of drug-likeness (QED) is 0.373. The predicted molar refractivity (Wildman–Crippen MR) is 109 cm³/mol. The highest BCUT2D eigenvalue weighted by molar-refractivity contribution is 6.33. The van der Waals surface area contributed by atoms with Crippen molar-refractivity contribution in [2.45, 2.75) is 88.1 Å². The van der Waals surface area contributed by atoms with Gasteiger partial charge in [0, 0.05) is 0 Å². The van der Waals surface area contributed by atoms with Crippen LogP contribution >= 0.6 is 0 Å². The second kappa shape index (κ2) is 7.40. The van der Waals surface area contributed by atoms with Gasteiger partial charge in [0.2, 0.25) is 6.34 Å². The summed E-state index contributed by atoms with van der Waals surface area (Å²) in [5.74, 6) is 6.46. The van der Waals surface area contributed by atoms with Gasteiger partial charge in [-0.25, -0.2) is 0 Å². The van der Waals surface area contributed by atoms with Crippen LogP contribution in [0.5, 0.6) is 0 Å². The van der Waals surface area contributed by atoms with Gasteiger partial charge in [0.15, 0.2) is 0 Å². The molecule has 8 fully saturated rings. The van der Waals surface area contributed by atoms with Crippen LogP contribution in [0.3, 0.4) is 0 Å². The standard InChI is InChI=1S/C23H35N2.BF3.FH/c1-2-25(23-12-19-6-20(13-23)8-21(7-19)14-23)15-24(1)22-9-16-3-17(10-22)5-18(4-16)11-22;2-1(3)4;/h15-21H,1-14H2;;1H/q+1;;/p-1. The van der Waals surface area contributed by atoms with E-state index in [1.807, 2.05) is 0 Å². The molecule has 2 nitrogen and oxygen atoms in total. The Morgan fingerprint density at radius 1 is 0.700 bits per heavy atom. The van der Waals surface area contributed by atoms with E-state index in [0.29, 0.717) is 11.1 Å². The summed E-state index contributed by atoms with van der Waals surface area (Å²) < 4.78 is 31.9. The third-order valence-electron chi connectivity index (χ3n) is 10.1. The van der Waals surface area contributed by atoms with E-state index in [2.05, 4.69) is 15.8 Å². The van der Waals surface area contributed by atoms with Crippen LogP contribution in [0, 0.1) is 35.5 Å². The van der Waals surface area contributed by atoms with Crippen LogP contribution < -0.4 is 4.70 Å². The SMILES string of the molecule is C1=[N+](C23CC4CC(CC(C4)C2)C3)CCN1C12CC3CC(CC(C3)C1)C2.FB(F)F.[F-]. The Hall–Kier alpha value is -0.745. The van der Waals surface area contributed by atoms with Gasteiger partial charge in [-0.05, 0) is 113 Å². The molecule has 0 saturated heterocycles. The highest BCUT2D eigenvalue weighted by atomic mass is 19.4. The molecule has 8 bridgehead atoms. The molecular formula is C23H35BF4N2. The molecule has 1 aliphatic heterocycles. The van der Waals surface area contributed by atoms with Crippen molar-refractivity contribution in [2.75, 3.05) is 13.1 Å². The molecule has 0 spiro atoms. The van der Waals surface area contributed by atoms with Gasteiger partial charge in [0.05, 0.1) is 0 Å². The Labute approximate surface area is 178 Å². The summed E-state index contributed by atoms with van der Waals surface area (Å²) in [6.07, 6.45) is 21.4. The van der Waals surface area contributed by atoms with E-state index in [-0.39, 0.29) is 4.70 Å². The summed E-state index contributed by atoms with van der Waals surface area (Å²) in [4.78, 5) is 2.91. The maximum absolute atomic E-state index is 9.67. The highest BCUT2D eigenvalue weighted by Gasteiger charge is 2.59. The molecule has 168 valence electrons. The van der Waals surface area contributed by atoms with Gasteiger partial charge in [-0.1, -0.05) is 0 Å².